The van der Waals surface area contributed by atoms with E-state index in [1.54, 1.807) is 0 Å². The lowest BCUT2D eigenvalue weighted by Crippen LogP contribution is -2.49. The summed E-state index contributed by atoms with van der Waals surface area (Å²) in [6.45, 7) is 5.44. The van der Waals surface area contributed by atoms with Crippen molar-refractivity contribution in [3.63, 3.8) is 0 Å². The normalized spacial score (nSPS) is 20.6. The summed E-state index contributed by atoms with van der Waals surface area (Å²) in [6.07, 6.45) is 2.72. The molecule has 0 aliphatic carbocycles. The standard InChI is InChI=1S/C21H26N2O2/c1-16-7-8-19(25-16)15-23-11-9-21(10-12-23)13-17-5-3-4-6-18(17)14-22(2)20(21)24/h3-8H,9-15H2,1-2H3. The summed E-state index contributed by atoms with van der Waals surface area (Å²) >= 11 is 0. The van der Waals surface area contributed by atoms with Crippen LogP contribution in [0.4, 0.5) is 0 Å². The fourth-order valence-electron chi connectivity index (χ4n) is 4.38. The molecule has 0 radical (unpaired) electrons. The van der Waals surface area contributed by atoms with E-state index in [2.05, 4.69) is 35.2 Å². The molecule has 0 N–H and O–H groups in total. The van der Waals surface area contributed by atoms with E-state index in [1.165, 1.54) is 11.1 Å². The molecule has 132 valence electrons. The molecule has 1 saturated heterocycles. The molecule has 2 aliphatic rings. The SMILES string of the molecule is Cc1ccc(CN2CCC3(CC2)Cc2ccccc2CN(C)C3=O)o1. The minimum absolute atomic E-state index is 0.239. The lowest BCUT2D eigenvalue weighted by Gasteiger charge is -2.41. The second-order valence-electron chi connectivity index (χ2n) is 7.68. The highest BCUT2D eigenvalue weighted by Crippen LogP contribution is 2.40. The van der Waals surface area contributed by atoms with Crippen LogP contribution in [0, 0.1) is 12.3 Å². The van der Waals surface area contributed by atoms with Gasteiger partial charge in [-0.1, -0.05) is 24.3 Å². The Kier molecular flexibility index (Phi) is 4.16. The first kappa shape index (κ1) is 16.4. The van der Waals surface area contributed by atoms with Gasteiger partial charge >= 0.3 is 0 Å². The van der Waals surface area contributed by atoms with Gasteiger partial charge in [-0.05, 0) is 62.5 Å². The average molecular weight is 338 g/mol. The van der Waals surface area contributed by atoms with Crippen molar-refractivity contribution >= 4 is 5.91 Å². The van der Waals surface area contributed by atoms with Gasteiger partial charge in [0, 0.05) is 13.6 Å². The molecule has 0 bridgehead atoms. The molecule has 2 aromatic rings. The van der Waals surface area contributed by atoms with E-state index in [9.17, 15) is 4.79 Å². The predicted molar refractivity (Wildman–Crippen MR) is 97.0 cm³/mol. The van der Waals surface area contributed by atoms with Gasteiger partial charge in [0.25, 0.3) is 0 Å². The van der Waals surface area contributed by atoms with E-state index < -0.39 is 0 Å². The Balaban J connectivity index is 1.51. The van der Waals surface area contributed by atoms with Gasteiger partial charge in [-0.3, -0.25) is 9.69 Å². The fourth-order valence-corrected chi connectivity index (χ4v) is 4.38. The number of carbonyl (C=O) groups is 1. The Morgan fingerprint density at radius 2 is 1.80 bits per heavy atom. The number of nitrogens with zero attached hydrogens (tertiary/aromatic N) is 2. The molecule has 0 atom stereocenters. The summed E-state index contributed by atoms with van der Waals surface area (Å²) in [4.78, 5) is 17.5. The number of carbonyl (C=O) groups excluding carboxylic acids is 1. The van der Waals surface area contributed by atoms with Gasteiger partial charge in [0.05, 0.1) is 12.0 Å². The molecule has 1 aromatic heterocycles. The molecule has 25 heavy (non-hydrogen) atoms. The Bertz CT molecular complexity index is 772. The van der Waals surface area contributed by atoms with Crippen molar-refractivity contribution in [3.05, 3.63) is 59.0 Å². The van der Waals surface area contributed by atoms with E-state index >= 15 is 0 Å². The van der Waals surface area contributed by atoms with Crippen LogP contribution in [0.3, 0.4) is 0 Å². The monoisotopic (exact) mass is 338 g/mol. The third kappa shape index (κ3) is 3.11. The molecule has 4 heteroatoms. The molecular formula is C21H26N2O2. The Labute approximate surface area is 149 Å². The van der Waals surface area contributed by atoms with E-state index in [4.69, 9.17) is 4.42 Å². The molecule has 2 aliphatic heterocycles. The predicted octanol–water partition coefficient (Wildman–Crippen LogP) is 3.38. The first-order valence-corrected chi connectivity index (χ1v) is 9.16. The summed E-state index contributed by atoms with van der Waals surface area (Å²) in [5, 5.41) is 0. The largest absolute Gasteiger partial charge is 0.465 e. The van der Waals surface area contributed by atoms with Gasteiger partial charge in [0.15, 0.2) is 0 Å². The van der Waals surface area contributed by atoms with E-state index in [0.29, 0.717) is 5.91 Å². The van der Waals surface area contributed by atoms with Crippen molar-refractivity contribution in [2.75, 3.05) is 20.1 Å². The fraction of sp³-hybridized carbons (Fsp3) is 0.476. The number of hydrogen-bond donors (Lipinski definition) is 0. The second-order valence-corrected chi connectivity index (χ2v) is 7.68. The van der Waals surface area contributed by atoms with Crippen LogP contribution in [-0.4, -0.2) is 35.8 Å². The quantitative estimate of drug-likeness (QED) is 0.842. The lowest BCUT2D eigenvalue weighted by atomic mass is 9.73. The molecule has 4 nitrogen and oxygen atoms in total. The highest BCUT2D eigenvalue weighted by Gasteiger charge is 2.44. The van der Waals surface area contributed by atoms with Crippen LogP contribution in [0.25, 0.3) is 0 Å². The van der Waals surface area contributed by atoms with Crippen molar-refractivity contribution in [1.82, 2.24) is 9.80 Å². The van der Waals surface area contributed by atoms with Gasteiger partial charge in [-0.2, -0.15) is 0 Å². The van der Waals surface area contributed by atoms with E-state index in [0.717, 1.165) is 57.0 Å². The molecule has 1 aromatic carbocycles. The van der Waals surface area contributed by atoms with Gasteiger partial charge in [-0.25, -0.2) is 0 Å². The van der Waals surface area contributed by atoms with E-state index in [1.807, 2.05) is 24.9 Å². The second kappa shape index (κ2) is 6.34. The Morgan fingerprint density at radius 3 is 2.48 bits per heavy atom. The van der Waals surface area contributed by atoms with Crippen LogP contribution in [-0.2, 0) is 24.3 Å². The third-order valence-electron chi connectivity index (χ3n) is 5.84. The van der Waals surface area contributed by atoms with Crippen molar-refractivity contribution in [2.24, 2.45) is 5.41 Å². The van der Waals surface area contributed by atoms with Crippen LogP contribution >= 0.6 is 0 Å². The van der Waals surface area contributed by atoms with Crippen molar-refractivity contribution in [1.29, 1.82) is 0 Å². The number of likely N-dealkylation sites (tertiary alicyclic amines) is 1. The van der Waals surface area contributed by atoms with Crippen molar-refractivity contribution in [3.8, 4) is 0 Å². The minimum atomic E-state index is -0.239. The van der Waals surface area contributed by atoms with Gasteiger partial charge in [-0.15, -0.1) is 0 Å². The van der Waals surface area contributed by atoms with Crippen molar-refractivity contribution < 1.29 is 9.21 Å². The highest BCUT2D eigenvalue weighted by atomic mass is 16.3. The number of fused-ring (bicyclic) bond motifs is 1. The molecule has 3 heterocycles. The molecule has 1 amide bonds. The third-order valence-corrected chi connectivity index (χ3v) is 5.84. The number of piperidine rings is 1. The number of furan rings is 1. The first-order chi connectivity index (χ1) is 12.1. The van der Waals surface area contributed by atoms with Gasteiger partial charge < -0.3 is 9.32 Å². The molecule has 0 saturated carbocycles. The van der Waals surface area contributed by atoms with Crippen molar-refractivity contribution in [2.45, 2.75) is 39.3 Å². The highest BCUT2D eigenvalue weighted by molar-refractivity contribution is 5.83. The van der Waals surface area contributed by atoms with Crippen LogP contribution in [0.2, 0.25) is 0 Å². The molecular weight excluding hydrogens is 312 g/mol. The van der Waals surface area contributed by atoms with Gasteiger partial charge in [0.1, 0.15) is 11.5 Å². The maximum Gasteiger partial charge on any atom is 0.229 e. The molecule has 0 unspecified atom stereocenters. The zero-order chi connectivity index (χ0) is 17.4. The summed E-state index contributed by atoms with van der Waals surface area (Å²) < 4.78 is 5.71. The summed E-state index contributed by atoms with van der Waals surface area (Å²) in [5.74, 6) is 2.29. The molecule has 1 fully saturated rings. The summed E-state index contributed by atoms with van der Waals surface area (Å²) in [5.41, 5.74) is 2.40. The topological polar surface area (TPSA) is 36.7 Å². The van der Waals surface area contributed by atoms with Crippen LogP contribution in [0.15, 0.2) is 40.8 Å². The minimum Gasteiger partial charge on any atom is -0.465 e. The molecule has 4 rings (SSSR count). The number of rotatable bonds is 2. The molecule has 1 spiro atoms. The van der Waals surface area contributed by atoms with E-state index in [-0.39, 0.29) is 5.41 Å². The average Bonchev–Trinajstić information content (AvgIpc) is 2.98. The number of hydrogen-bond acceptors (Lipinski definition) is 3. The van der Waals surface area contributed by atoms with Crippen LogP contribution in [0.5, 0.6) is 0 Å². The summed E-state index contributed by atoms with van der Waals surface area (Å²) in [7, 11) is 1.95. The number of benzene rings is 1. The maximum atomic E-state index is 13.1. The Hall–Kier alpha value is -2.07. The van der Waals surface area contributed by atoms with Crippen LogP contribution in [0.1, 0.15) is 35.5 Å². The maximum absolute atomic E-state index is 13.1. The summed E-state index contributed by atoms with van der Waals surface area (Å²) in [6, 6.07) is 12.6. The Morgan fingerprint density at radius 1 is 1.08 bits per heavy atom. The lowest BCUT2D eigenvalue weighted by molar-refractivity contribution is -0.144. The smallest absolute Gasteiger partial charge is 0.229 e. The first-order valence-electron chi connectivity index (χ1n) is 9.16. The van der Waals surface area contributed by atoms with Gasteiger partial charge in [0.2, 0.25) is 5.91 Å². The number of amides is 1. The zero-order valence-corrected chi connectivity index (χ0v) is 15.1. The zero-order valence-electron chi connectivity index (χ0n) is 15.1. The number of aryl methyl sites for hydroxylation is 1. The van der Waals surface area contributed by atoms with Crippen LogP contribution < -0.4 is 0 Å².